The van der Waals surface area contributed by atoms with Crippen LogP contribution < -0.4 is 10.6 Å². The minimum atomic E-state index is -0.515. The van der Waals surface area contributed by atoms with Crippen molar-refractivity contribution in [3.05, 3.63) is 29.6 Å². The number of rotatable bonds is 2. The zero-order valence-electron chi connectivity index (χ0n) is 10.3. The maximum atomic E-state index is 14.0. The van der Waals surface area contributed by atoms with E-state index in [1.54, 1.807) is 6.07 Å². The molecule has 1 saturated heterocycles. The highest BCUT2D eigenvalue weighted by atomic mass is 19.1. The van der Waals surface area contributed by atoms with Crippen molar-refractivity contribution in [3.63, 3.8) is 0 Å². The molecule has 0 amide bonds. The molecule has 0 aliphatic carbocycles. The van der Waals surface area contributed by atoms with E-state index in [2.05, 4.69) is 6.07 Å². The average Bonchev–Trinajstić information content (AvgIpc) is 2.38. The number of morpholine rings is 1. The van der Waals surface area contributed by atoms with Gasteiger partial charge in [-0.25, -0.2) is 4.39 Å². The second kappa shape index (κ2) is 5.34. The van der Waals surface area contributed by atoms with Crippen molar-refractivity contribution < 1.29 is 9.13 Å². The highest BCUT2D eigenvalue weighted by molar-refractivity contribution is 5.56. The number of nitrogens with two attached hydrogens (primary N) is 1. The molecule has 4 nitrogen and oxygen atoms in total. The fourth-order valence-corrected chi connectivity index (χ4v) is 2.16. The fourth-order valence-electron chi connectivity index (χ4n) is 2.16. The molecule has 1 unspecified atom stereocenters. The summed E-state index contributed by atoms with van der Waals surface area (Å²) in [7, 11) is 0. The Balaban J connectivity index is 2.35. The SMILES string of the molecule is C[C@@H](N)c1cccc(F)c1N1CCOC(C#N)C1. The van der Waals surface area contributed by atoms with Crippen molar-refractivity contribution in [1.82, 2.24) is 0 Å². The molecule has 2 rings (SSSR count). The number of anilines is 1. The van der Waals surface area contributed by atoms with Crippen LogP contribution in [0.4, 0.5) is 10.1 Å². The van der Waals surface area contributed by atoms with Gasteiger partial charge in [-0.3, -0.25) is 0 Å². The number of hydrogen-bond donors (Lipinski definition) is 1. The number of nitrogens with zero attached hydrogens (tertiary/aromatic N) is 2. The molecule has 0 spiro atoms. The van der Waals surface area contributed by atoms with Gasteiger partial charge in [0.05, 0.1) is 24.9 Å². The Morgan fingerprint density at radius 2 is 2.39 bits per heavy atom. The molecule has 1 aromatic rings. The molecule has 1 aliphatic heterocycles. The van der Waals surface area contributed by atoms with E-state index >= 15 is 0 Å². The van der Waals surface area contributed by atoms with E-state index in [-0.39, 0.29) is 11.9 Å². The zero-order valence-corrected chi connectivity index (χ0v) is 10.3. The van der Waals surface area contributed by atoms with Gasteiger partial charge in [0.1, 0.15) is 5.82 Å². The molecule has 0 bridgehead atoms. The third kappa shape index (κ3) is 2.45. The zero-order chi connectivity index (χ0) is 13.1. The third-order valence-corrected chi connectivity index (χ3v) is 3.04. The second-order valence-corrected chi connectivity index (χ2v) is 4.40. The molecule has 0 aromatic heterocycles. The van der Waals surface area contributed by atoms with Crippen LogP contribution in [0, 0.1) is 17.1 Å². The Hall–Kier alpha value is -1.64. The highest BCUT2D eigenvalue weighted by Gasteiger charge is 2.25. The van der Waals surface area contributed by atoms with E-state index in [1.165, 1.54) is 6.07 Å². The van der Waals surface area contributed by atoms with Gasteiger partial charge < -0.3 is 15.4 Å². The van der Waals surface area contributed by atoms with E-state index in [0.717, 1.165) is 5.56 Å². The lowest BCUT2D eigenvalue weighted by molar-refractivity contribution is 0.0761. The quantitative estimate of drug-likeness (QED) is 0.864. The van der Waals surface area contributed by atoms with Gasteiger partial charge >= 0.3 is 0 Å². The molecular weight excluding hydrogens is 233 g/mol. The first-order chi connectivity index (χ1) is 8.63. The molecule has 1 aromatic carbocycles. The highest BCUT2D eigenvalue weighted by Crippen LogP contribution is 2.29. The fraction of sp³-hybridized carbons (Fsp3) is 0.462. The summed E-state index contributed by atoms with van der Waals surface area (Å²) in [4.78, 5) is 1.84. The minimum Gasteiger partial charge on any atom is -0.363 e. The molecule has 1 fully saturated rings. The van der Waals surface area contributed by atoms with Crippen molar-refractivity contribution in [1.29, 1.82) is 5.26 Å². The first-order valence-electron chi connectivity index (χ1n) is 5.93. The number of benzene rings is 1. The smallest absolute Gasteiger partial charge is 0.161 e. The number of halogens is 1. The van der Waals surface area contributed by atoms with Gasteiger partial charge in [-0.1, -0.05) is 12.1 Å². The van der Waals surface area contributed by atoms with Gasteiger partial charge in [-0.15, -0.1) is 0 Å². The third-order valence-electron chi connectivity index (χ3n) is 3.04. The van der Waals surface area contributed by atoms with Gasteiger partial charge in [0.25, 0.3) is 0 Å². The molecule has 0 radical (unpaired) electrons. The van der Waals surface area contributed by atoms with Crippen LogP contribution in [0.1, 0.15) is 18.5 Å². The molecule has 18 heavy (non-hydrogen) atoms. The lowest BCUT2D eigenvalue weighted by Crippen LogP contribution is -2.43. The van der Waals surface area contributed by atoms with Crippen molar-refractivity contribution >= 4 is 5.69 Å². The number of ether oxygens (including phenoxy) is 1. The summed E-state index contributed by atoms with van der Waals surface area (Å²) in [6, 6.07) is 6.69. The average molecular weight is 249 g/mol. The van der Waals surface area contributed by atoms with E-state index in [0.29, 0.717) is 25.4 Å². The Morgan fingerprint density at radius 1 is 1.61 bits per heavy atom. The molecule has 0 saturated carbocycles. The molecule has 2 atom stereocenters. The predicted octanol–water partition coefficient (Wildman–Crippen LogP) is 1.57. The Labute approximate surface area is 106 Å². The summed E-state index contributed by atoms with van der Waals surface area (Å²) in [5, 5.41) is 8.88. The Morgan fingerprint density at radius 3 is 3.06 bits per heavy atom. The molecule has 1 aliphatic rings. The summed E-state index contributed by atoms with van der Waals surface area (Å²) in [5.41, 5.74) is 7.12. The van der Waals surface area contributed by atoms with Crippen molar-refractivity contribution in [2.45, 2.75) is 19.1 Å². The van der Waals surface area contributed by atoms with Crippen LogP contribution in [-0.2, 0) is 4.74 Å². The van der Waals surface area contributed by atoms with Crippen LogP contribution in [0.2, 0.25) is 0 Å². The Kier molecular flexibility index (Phi) is 3.80. The van der Waals surface area contributed by atoms with Gasteiger partial charge in [-0.05, 0) is 18.6 Å². The molecular formula is C13H16FN3O. The van der Waals surface area contributed by atoms with Crippen LogP contribution in [0.5, 0.6) is 0 Å². The molecule has 96 valence electrons. The van der Waals surface area contributed by atoms with Gasteiger partial charge in [0.15, 0.2) is 6.10 Å². The lowest BCUT2D eigenvalue weighted by atomic mass is 10.0. The first kappa shape index (κ1) is 12.8. The second-order valence-electron chi connectivity index (χ2n) is 4.40. The largest absolute Gasteiger partial charge is 0.363 e. The predicted molar refractivity (Wildman–Crippen MR) is 66.6 cm³/mol. The summed E-state index contributed by atoms with van der Waals surface area (Å²) in [6.45, 7) is 3.18. The maximum absolute atomic E-state index is 14.0. The standard InChI is InChI=1S/C13H16FN3O/c1-9(16)11-3-2-4-12(14)13(11)17-5-6-18-10(7-15)8-17/h2-4,9-10H,5-6,8,16H2,1H3/t9-,10?/m1/s1. The minimum absolute atomic E-state index is 0.251. The topological polar surface area (TPSA) is 62.3 Å². The molecule has 5 heteroatoms. The monoisotopic (exact) mass is 249 g/mol. The van der Waals surface area contributed by atoms with Crippen LogP contribution in [0.25, 0.3) is 0 Å². The van der Waals surface area contributed by atoms with Crippen LogP contribution in [0.3, 0.4) is 0 Å². The number of nitriles is 1. The van der Waals surface area contributed by atoms with Crippen molar-refractivity contribution in [3.8, 4) is 6.07 Å². The number of hydrogen-bond acceptors (Lipinski definition) is 4. The van der Waals surface area contributed by atoms with Crippen LogP contribution in [0.15, 0.2) is 18.2 Å². The van der Waals surface area contributed by atoms with E-state index in [1.807, 2.05) is 17.9 Å². The van der Waals surface area contributed by atoms with Gasteiger partial charge in [0.2, 0.25) is 0 Å². The van der Waals surface area contributed by atoms with Crippen molar-refractivity contribution in [2.24, 2.45) is 5.73 Å². The Bertz CT molecular complexity index is 470. The van der Waals surface area contributed by atoms with E-state index < -0.39 is 6.10 Å². The summed E-state index contributed by atoms with van der Waals surface area (Å²) in [6.07, 6.45) is -0.515. The lowest BCUT2D eigenvalue weighted by Gasteiger charge is -2.33. The summed E-state index contributed by atoms with van der Waals surface area (Å²) in [5.74, 6) is -0.302. The van der Waals surface area contributed by atoms with Crippen LogP contribution in [-0.4, -0.2) is 25.8 Å². The normalized spacial score (nSPS) is 21.4. The van der Waals surface area contributed by atoms with Gasteiger partial charge in [0, 0.05) is 12.6 Å². The molecule has 2 N–H and O–H groups in total. The maximum Gasteiger partial charge on any atom is 0.161 e. The first-order valence-corrected chi connectivity index (χ1v) is 5.93. The van der Waals surface area contributed by atoms with Crippen molar-refractivity contribution in [2.75, 3.05) is 24.6 Å². The summed E-state index contributed by atoms with van der Waals surface area (Å²) >= 11 is 0. The molecule has 1 heterocycles. The van der Waals surface area contributed by atoms with Gasteiger partial charge in [-0.2, -0.15) is 5.26 Å². The van der Waals surface area contributed by atoms with Crippen LogP contribution >= 0.6 is 0 Å². The number of para-hydroxylation sites is 1. The summed E-state index contributed by atoms with van der Waals surface area (Å²) < 4.78 is 19.3. The van der Waals surface area contributed by atoms with E-state index in [9.17, 15) is 4.39 Å². The van der Waals surface area contributed by atoms with E-state index in [4.69, 9.17) is 15.7 Å².